The molecule has 108 valence electrons. The van der Waals surface area contributed by atoms with Crippen LogP contribution in [0.4, 0.5) is 5.69 Å². The first-order valence-electron chi connectivity index (χ1n) is 7.10. The molecule has 19 heavy (non-hydrogen) atoms. The van der Waals surface area contributed by atoms with Crippen LogP contribution >= 0.6 is 0 Å². The van der Waals surface area contributed by atoms with Gasteiger partial charge in [0, 0.05) is 19.1 Å². The van der Waals surface area contributed by atoms with Crippen LogP contribution in [0.3, 0.4) is 0 Å². The lowest BCUT2D eigenvalue weighted by Crippen LogP contribution is -2.37. The molecule has 0 bridgehead atoms. The third-order valence-electron chi connectivity index (χ3n) is 4.18. The normalized spacial score (nSPS) is 25.9. The van der Waals surface area contributed by atoms with Gasteiger partial charge in [-0.2, -0.15) is 5.10 Å². The molecule has 1 aliphatic heterocycles. The number of hydrogen-bond acceptors (Lipinski definition) is 4. The van der Waals surface area contributed by atoms with Crippen LogP contribution in [0, 0.1) is 19.8 Å². The molecule has 0 aliphatic carbocycles. The summed E-state index contributed by atoms with van der Waals surface area (Å²) in [5.41, 5.74) is 8.42. The molecule has 1 aliphatic rings. The minimum absolute atomic E-state index is 0.398. The first kappa shape index (κ1) is 14.3. The molecule has 2 heterocycles. The first-order valence-corrected chi connectivity index (χ1v) is 7.10. The highest BCUT2D eigenvalue weighted by atomic mass is 16.3. The number of aliphatic hydroxyl groups is 1. The second-order valence-electron chi connectivity index (χ2n) is 6.06. The van der Waals surface area contributed by atoms with E-state index in [1.807, 2.05) is 18.5 Å². The molecule has 1 aromatic rings. The second kappa shape index (κ2) is 5.51. The van der Waals surface area contributed by atoms with E-state index in [1.54, 1.807) is 0 Å². The lowest BCUT2D eigenvalue weighted by atomic mass is 10.1. The summed E-state index contributed by atoms with van der Waals surface area (Å²) in [6.07, 6.45) is 0.824. The Morgan fingerprint density at radius 1 is 1.37 bits per heavy atom. The lowest BCUT2D eigenvalue weighted by molar-refractivity contribution is 0.0906. The van der Waals surface area contributed by atoms with Gasteiger partial charge in [0.1, 0.15) is 0 Å². The highest BCUT2D eigenvalue weighted by Crippen LogP contribution is 2.22. The van der Waals surface area contributed by atoms with Gasteiger partial charge in [-0.1, -0.05) is 6.92 Å². The van der Waals surface area contributed by atoms with Gasteiger partial charge in [-0.15, -0.1) is 0 Å². The molecule has 3 N–H and O–H groups in total. The SMILES string of the molecule is Cc1nn(CC(O)CN2CC(C)CC2C)c(C)c1N. The van der Waals surface area contributed by atoms with Crippen LogP contribution in [0.2, 0.25) is 0 Å². The van der Waals surface area contributed by atoms with Gasteiger partial charge in [-0.3, -0.25) is 9.58 Å². The average Bonchev–Trinajstić information content (AvgIpc) is 2.75. The first-order chi connectivity index (χ1) is 8.88. The summed E-state index contributed by atoms with van der Waals surface area (Å²) < 4.78 is 1.82. The van der Waals surface area contributed by atoms with Crippen LogP contribution in [-0.4, -0.2) is 45.0 Å². The lowest BCUT2D eigenvalue weighted by Gasteiger charge is -2.24. The van der Waals surface area contributed by atoms with Crippen LogP contribution in [0.25, 0.3) is 0 Å². The second-order valence-corrected chi connectivity index (χ2v) is 6.06. The molecule has 1 fully saturated rings. The topological polar surface area (TPSA) is 67.3 Å². The Kier molecular flexibility index (Phi) is 4.16. The van der Waals surface area contributed by atoms with E-state index in [4.69, 9.17) is 5.73 Å². The predicted octanol–water partition coefficient (Wildman–Crippen LogP) is 1.17. The number of hydrogen-bond donors (Lipinski definition) is 2. The van der Waals surface area contributed by atoms with E-state index in [-0.39, 0.29) is 0 Å². The van der Waals surface area contributed by atoms with E-state index in [2.05, 4.69) is 23.8 Å². The maximum Gasteiger partial charge on any atom is 0.0862 e. The van der Waals surface area contributed by atoms with Crippen molar-refractivity contribution in [1.82, 2.24) is 14.7 Å². The molecule has 3 atom stereocenters. The van der Waals surface area contributed by atoms with Crippen molar-refractivity contribution in [1.29, 1.82) is 0 Å². The summed E-state index contributed by atoms with van der Waals surface area (Å²) in [5, 5.41) is 14.6. The van der Waals surface area contributed by atoms with Gasteiger partial charge in [0.2, 0.25) is 0 Å². The molecule has 0 aromatic carbocycles. The van der Waals surface area contributed by atoms with E-state index in [1.165, 1.54) is 6.42 Å². The van der Waals surface area contributed by atoms with E-state index in [9.17, 15) is 5.11 Å². The molecule has 0 amide bonds. The Morgan fingerprint density at radius 3 is 2.53 bits per heavy atom. The smallest absolute Gasteiger partial charge is 0.0862 e. The van der Waals surface area contributed by atoms with E-state index in [0.29, 0.717) is 19.1 Å². The van der Waals surface area contributed by atoms with E-state index < -0.39 is 6.10 Å². The highest BCUT2D eigenvalue weighted by Gasteiger charge is 2.27. The Labute approximate surface area is 115 Å². The number of aliphatic hydroxyl groups excluding tert-OH is 1. The van der Waals surface area contributed by atoms with Crippen LogP contribution in [0.15, 0.2) is 0 Å². The number of anilines is 1. The number of β-amino-alcohol motifs (C(OH)–C–C–N with tert-alkyl or cyclic N) is 1. The fourth-order valence-corrected chi connectivity index (χ4v) is 3.06. The van der Waals surface area contributed by atoms with Crippen molar-refractivity contribution >= 4 is 5.69 Å². The van der Waals surface area contributed by atoms with Gasteiger partial charge < -0.3 is 10.8 Å². The molecule has 0 saturated carbocycles. The minimum atomic E-state index is -0.398. The zero-order valence-corrected chi connectivity index (χ0v) is 12.4. The van der Waals surface area contributed by atoms with E-state index in [0.717, 1.165) is 29.5 Å². The molecule has 1 saturated heterocycles. The maximum atomic E-state index is 10.2. The number of aryl methyl sites for hydroxylation is 1. The number of aromatic nitrogens is 2. The van der Waals surface area contributed by atoms with Gasteiger partial charge in [0.05, 0.1) is 29.7 Å². The largest absolute Gasteiger partial charge is 0.396 e. The quantitative estimate of drug-likeness (QED) is 0.858. The molecule has 5 nitrogen and oxygen atoms in total. The fourth-order valence-electron chi connectivity index (χ4n) is 3.06. The van der Waals surface area contributed by atoms with Crippen molar-refractivity contribution < 1.29 is 5.11 Å². The molecule has 2 rings (SSSR count). The van der Waals surface area contributed by atoms with Crippen molar-refractivity contribution in [3.05, 3.63) is 11.4 Å². The van der Waals surface area contributed by atoms with Crippen molar-refractivity contribution in [3.63, 3.8) is 0 Å². The van der Waals surface area contributed by atoms with Gasteiger partial charge in [-0.25, -0.2) is 0 Å². The molecular formula is C14H26N4O. The van der Waals surface area contributed by atoms with Gasteiger partial charge in [0.25, 0.3) is 0 Å². The number of nitrogens with two attached hydrogens (primary N) is 1. The number of rotatable bonds is 4. The molecule has 5 heteroatoms. The average molecular weight is 266 g/mol. The highest BCUT2D eigenvalue weighted by molar-refractivity contribution is 5.46. The van der Waals surface area contributed by atoms with Crippen LogP contribution < -0.4 is 5.73 Å². The Balaban J connectivity index is 1.94. The van der Waals surface area contributed by atoms with Crippen molar-refractivity contribution in [2.75, 3.05) is 18.8 Å². The summed E-state index contributed by atoms with van der Waals surface area (Å²) in [6, 6.07) is 0.565. The Hall–Kier alpha value is -1.07. The van der Waals surface area contributed by atoms with Crippen LogP contribution in [0.1, 0.15) is 31.7 Å². The summed E-state index contributed by atoms with van der Waals surface area (Å²) in [6.45, 7) is 10.7. The molecule has 0 radical (unpaired) electrons. The van der Waals surface area contributed by atoms with Gasteiger partial charge in [0.15, 0.2) is 0 Å². The Bertz CT molecular complexity index is 443. The monoisotopic (exact) mass is 266 g/mol. The molecule has 3 unspecified atom stereocenters. The van der Waals surface area contributed by atoms with Gasteiger partial charge >= 0.3 is 0 Å². The zero-order valence-electron chi connectivity index (χ0n) is 12.4. The third kappa shape index (κ3) is 3.09. The summed E-state index contributed by atoms with van der Waals surface area (Å²) in [5.74, 6) is 0.728. The summed E-state index contributed by atoms with van der Waals surface area (Å²) >= 11 is 0. The Morgan fingerprint density at radius 2 is 2.05 bits per heavy atom. The number of nitrogens with zero attached hydrogens (tertiary/aromatic N) is 3. The third-order valence-corrected chi connectivity index (χ3v) is 4.18. The molecule has 0 spiro atoms. The molecular weight excluding hydrogens is 240 g/mol. The van der Waals surface area contributed by atoms with Crippen LogP contribution in [-0.2, 0) is 6.54 Å². The predicted molar refractivity (Wildman–Crippen MR) is 76.9 cm³/mol. The summed E-state index contributed by atoms with van der Waals surface area (Å²) in [7, 11) is 0. The van der Waals surface area contributed by atoms with Gasteiger partial charge in [-0.05, 0) is 33.1 Å². The number of nitrogen functional groups attached to an aromatic ring is 1. The standard InChI is InChI=1S/C14H26N4O/c1-9-5-10(2)17(6-9)7-13(19)8-18-12(4)14(15)11(3)16-18/h9-10,13,19H,5-8,15H2,1-4H3. The molecule has 1 aromatic heterocycles. The zero-order chi connectivity index (χ0) is 14.2. The maximum absolute atomic E-state index is 10.2. The van der Waals surface area contributed by atoms with Crippen molar-refractivity contribution in [3.8, 4) is 0 Å². The van der Waals surface area contributed by atoms with Crippen molar-refractivity contribution in [2.24, 2.45) is 5.92 Å². The van der Waals surface area contributed by atoms with Crippen LogP contribution in [0.5, 0.6) is 0 Å². The van der Waals surface area contributed by atoms with E-state index >= 15 is 0 Å². The summed E-state index contributed by atoms with van der Waals surface area (Å²) in [4.78, 5) is 2.37. The van der Waals surface area contributed by atoms with Crippen molar-refractivity contribution in [2.45, 2.75) is 52.8 Å². The minimum Gasteiger partial charge on any atom is -0.396 e. The number of likely N-dealkylation sites (tertiary alicyclic amines) is 1. The fraction of sp³-hybridized carbons (Fsp3) is 0.786.